The first kappa shape index (κ1) is 24.0. The first-order chi connectivity index (χ1) is 19.0. The number of nitrogens with one attached hydrogen (secondary N) is 1. The molecule has 1 unspecified atom stereocenters. The first-order valence-electron chi connectivity index (χ1n) is 12.2. The average molecular weight is 517 g/mol. The summed E-state index contributed by atoms with van der Waals surface area (Å²) in [6, 6.07) is 19.6. The number of benzene rings is 2. The molecule has 0 fully saturated rings. The molecule has 192 valence electrons. The molecule has 10 heteroatoms. The lowest BCUT2D eigenvalue weighted by molar-refractivity contribution is -0.281. The monoisotopic (exact) mass is 516 g/mol. The molecule has 1 N–H and O–H groups in total. The van der Waals surface area contributed by atoms with Crippen LogP contribution >= 0.6 is 0 Å². The minimum Gasteiger partial charge on any atom is -0.844 e. The van der Waals surface area contributed by atoms with Gasteiger partial charge in [-0.2, -0.15) is 0 Å². The normalized spacial score (nSPS) is 11.9. The van der Waals surface area contributed by atoms with Crippen molar-refractivity contribution in [2.75, 3.05) is 12.4 Å². The Kier molecular flexibility index (Phi) is 6.04. The Labute approximate surface area is 222 Å². The Balaban J connectivity index is 1.55. The summed E-state index contributed by atoms with van der Waals surface area (Å²) in [5, 5.41) is 16.8. The lowest BCUT2D eigenvalue weighted by Gasteiger charge is -2.23. The van der Waals surface area contributed by atoms with Crippen molar-refractivity contribution in [2.24, 2.45) is 0 Å². The summed E-state index contributed by atoms with van der Waals surface area (Å²) in [6.45, 7) is 1.91. The Morgan fingerprint density at radius 3 is 2.51 bits per heavy atom. The van der Waals surface area contributed by atoms with E-state index in [-0.39, 0.29) is 11.6 Å². The van der Waals surface area contributed by atoms with E-state index in [4.69, 9.17) is 4.74 Å². The molecule has 0 radical (unpaired) electrons. The predicted molar refractivity (Wildman–Crippen MR) is 146 cm³/mol. The number of nitrogens with zero attached hydrogens (tertiary/aromatic N) is 6. The number of para-hydroxylation sites is 1. The van der Waals surface area contributed by atoms with Crippen LogP contribution in [-0.4, -0.2) is 36.6 Å². The Bertz CT molecular complexity index is 1870. The second-order valence-electron chi connectivity index (χ2n) is 8.87. The Morgan fingerprint density at radius 1 is 0.949 bits per heavy atom. The molecule has 0 amide bonds. The van der Waals surface area contributed by atoms with Crippen molar-refractivity contribution in [3.8, 4) is 28.8 Å². The van der Waals surface area contributed by atoms with Crippen LogP contribution < -0.4 is 20.7 Å². The Hall–Kier alpha value is -5.38. The van der Waals surface area contributed by atoms with Crippen molar-refractivity contribution in [1.82, 2.24) is 29.5 Å². The topological polar surface area (TPSA) is 131 Å². The van der Waals surface area contributed by atoms with Crippen LogP contribution in [0.25, 0.3) is 38.6 Å². The third-order valence-electron chi connectivity index (χ3n) is 6.44. The van der Waals surface area contributed by atoms with E-state index < -0.39 is 12.1 Å². The van der Waals surface area contributed by atoms with Crippen LogP contribution in [0.15, 0.2) is 90.1 Å². The van der Waals surface area contributed by atoms with Gasteiger partial charge in [-0.15, -0.1) is 0 Å². The molecule has 1 atom stereocenters. The van der Waals surface area contributed by atoms with E-state index in [0.717, 1.165) is 5.39 Å². The molecule has 4 aromatic heterocycles. The number of hydrogen-bond acceptors (Lipinski definition) is 9. The maximum atomic E-state index is 14.3. The number of methoxy groups -OCH3 is 1. The molecular weight excluding hydrogens is 494 g/mol. The molecule has 0 spiro atoms. The molecule has 6 rings (SSSR count). The number of anilines is 1. The zero-order chi connectivity index (χ0) is 26.9. The number of pyridine rings is 2. The summed E-state index contributed by atoms with van der Waals surface area (Å²) in [4.78, 5) is 35.1. The minimum absolute atomic E-state index is 0.205. The van der Waals surface area contributed by atoms with Crippen molar-refractivity contribution in [1.29, 1.82) is 0 Å². The molecule has 10 nitrogen and oxygen atoms in total. The quantitative estimate of drug-likeness (QED) is 0.348. The highest BCUT2D eigenvalue weighted by Gasteiger charge is 2.20. The summed E-state index contributed by atoms with van der Waals surface area (Å²) >= 11 is 0. The van der Waals surface area contributed by atoms with E-state index in [1.165, 1.54) is 7.11 Å². The van der Waals surface area contributed by atoms with Gasteiger partial charge in [0, 0.05) is 35.5 Å². The van der Waals surface area contributed by atoms with Gasteiger partial charge >= 0.3 is 6.01 Å². The average Bonchev–Trinajstić information content (AvgIpc) is 2.97. The van der Waals surface area contributed by atoms with Crippen LogP contribution in [0.3, 0.4) is 0 Å². The molecule has 0 aliphatic rings. The van der Waals surface area contributed by atoms with Crippen molar-refractivity contribution >= 4 is 27.6 Å². The van der Waals surface area contributed by atoms with Gasteiger partial charge in [0.05, 0.1) is 30.1 Å². The zero-order valence-corrected chi connectivity index (χ0v) is 21.1. The van der Waals surface area contributed by atoms with Gasteiger partial charge in [-0.3, -0.25) is 14.3 Å². The van der Waals surface area contributed by atoms with Gasteiger partial charge in [-0.05, 0) is 48.2 Å². The van der Waals surface area contributed by atoms with Gasteiger partial charge in [-0.25, -0.2) is 19.9 Å². The first-order valence-corrected chi connectivity index (χ1v) is 12.2. The summed E-state index contributed by atoms with van der Waals surface area (Å²) in [7, 11) is 1.50. The standard InChI is InChI=1S/C29H23N7O3/c1-17(33-26-25-22(12-7-13-30-25)34-28(38)35-26)23-14-18-8-6-11-21(19-15-31-29(39-2)32-16-19)24(18)27(37)36(23)20-9-4-3-5-10-20/h3-17H,1-2H3,(H2,33,34,35,38)/p-1. The third-order valence-corrected chi connectivity index (χ3v) is 6.44. The molecule has 6 aromatic rings. The van der Waals surface area contributed by atoms with Crippen molar-refractivity contribution in [2.45, 2.75) is 13.0 Å². The number of fused-ring (bicyclic) bond motifs is 2. The number of rotatable bonds is 6. The van der Waals surface area contributed by atoms with Gasteiger partial charge in [0.2, 0.25) is 0 Å². The minimum atomic E-state index is -0.615. The number of aromatic nitrogens is 6. The van der Waals surface area contributed by atoms with E-state index in [9.17, 15) is 9.90 Å². The fourth-order valence-corrected chi connectivity index (χ4v) is 4.67. The van der Waals surface area contributed by atoms with Crippen molar-refractivity contribution in [3.63, 3.8) is 0 Å². The number of ether oxygens (including phenoxy) is 1. The van der Waals surface area contributed by atoms with Gasteiger partial charge in [0.15, 0.2) is 5.82 Å². The Morgan fingerprint density at radius 2 is 1.74 bits per heavy atom. The molecule has 2 aromatic carbocycles. The maximum Gasteiger partial charge on any atom is 0.316 e. The van der Waals surface area contributed by atoms with Gasteiger partial charge in [0.25, 0.3) is 5.56 Å². The van der Waals surface area contributed by atoms with Crippen molar-refractivity contribution in [3.05, 3.63) is 101 Å². The fourth-order valence-electron chi connectivity index (χ4n) is 4.67. The highest BCUT2D eigenvalue weighted by molar-refractivity contribution is 5.96. The molecule has 39 heavy (non-hydrogen) atoms. The predicted octanol–water partition coefficient (Wildman–Crippen LogP) is 4.04. The molecule has 0 saturated carbocycles. The van der Waals surface area contributed by atoms with E-state index in [2.05, 4.69) is 30.2 Å². The molecule has 0 bridgehead atoms. The lowest BCUT2D eigenvalue weighted by Crippen LogP contribution is -2.26. The van der Waals surface area contributed by atoms with Crippen LogP contribution in [0.5, 0.6) is 12.0 Å². The zero-order valence-electron chi connectivity index (χ0n) is 21.1. The van der Waals surface area contributed by atoms with E-state index in [1.54, 1.807) is 35.3 Å². The molecule has 0 saturated heterocycles. The molecular formula is C29H22N7O3-. The van der Waals surface area contributed by atoms with Crippen LogP contribution in [-0.2, 0) is 0 Å². The van der Waals surface area contributed by atoms with Gasteiger partial charge in [-0.1, -0.05) is 36.4 Å². The molecule has 4 heterocycles. The van der Waals surface area contributed by atoms with Crippen molar-refractivity contribution < 1.29 is 9.84 Å². The van der Waals surface area contributed by atoms with E-state index >= 15 is 0 Å². The highest BCUT2D eigenvalue weighted by Crippen LogP contribution is 2.31. The van der Waals surface area contributed by atoms with Crippen LogP contribution in [0.1, 0.15) is 18.7 Å². The summed E-state index contributed by atoms with van der Waals surface area (Å²) in [5.41, 5.74) is 3.49. The number of hydrogen-bond donors (Lipinski definition) is 1. The smallest absolute Gasteiger partial charge is 0.316 e. The second-order valence-corrected chi connectivity index (χ2v) is 8.87. The van der Waals surface area contributed by atoms with Gasteiger partial charge in [0.1, 0.15) is 5.52 Å². The third kappa shape index (κ3) is 4.37. The van der Waals surface area contributed by atoms with E-state index in [0.29, 0.717) is 44.7 Å². The summed E-state index contributed by atoms with van der Waals surface area (Å²) < 4.78 is 6.76. The molecule has 0 aliphatic heterocycles. The maximum absolute atomic E-state index is 14.3. The summed E-state index contributed by atoms with van der Waals surface area (Å²) in [5.74, 6) is 0.300. The van der Waals surface area contributed by atoms with Gasteiger partial charge < -0.3 is 15.2 Å². The summed E-state index contributed by atoms with van der Waals surface area (Å²) in [6.07, 6.45) is 4.89. The highest BCUT2D eigenvalue weighted by atomic mass is 16.5. The second kappa shape index (κ2) is 9.82. The molecule has 0 aliphatic carbocycles. The fraction of sp³-hybridized carbons (Fsp3) is 0.103. The van der Waals surface area contributed by atoms with E-state index in [1.807, 2.05) is 61.5 Å². The SMILES string of the molecule is COc1ncc(-c2cccc3cc(C(C)Nc4nc([O-])nc5cccnc45)n(-c4ccccc4)c(=O)c23)cn1. The van der Waals surface area contributed by atoms with Crippen LogP contribution in [0.4, 0.5) is 5.82 Å². The largest absolute Gasteiger partial charge is 0.844 e. The lowest BCUT2D eigenvalue weighted by atomic mass is 9.99. The van der Waals surface area contributed by atoms with Crippen LogP contribution in [0.2, 0.25) is 0 Å². The van der Waals surface area contributed by atoms with Crippen LogP contribution in [0, 0.1) is 0 Å².